The highest BCUT2D eigenvalue weighted by Gasteiger charge is 2.13. The van der Waals surface area contributed by atoms with E-state index >= 15 is 0 Å². The van der Waals surface area contributed by atoms with E-state index in [9.17, 15) is 4.79 Å². The maximum absolute atomic E-state index is 10.7. The smallest absolute Gasteiger partial charge is 0.335 e. The second-order valence-corrected chi connectivity index (χ2v) is 6.76. The lowest BCUT2D eigenvalue weighted by Crippen LogP contribution is -2.28. The first-order chi connectivity index (χ1) is 8.75. The number of nitrogens with one attached hydrogen (secondary N) is 1. The Hall–Kier alpha value is -0.650. The first kappa shape index (κ1) is 13.8. The van der Waals surface area contributed by atoms with Crippen LogP contribution in [0.15, 0.2) is 24.3 Å². The summed E-state index contributed by atoms with van der Waals surface area (Å²) in [5.41, 5.74) is 1.48. The van der Waals surface area contributed by atoms with Gasteiger partial charge in [0, 0.05) is 35.6 Å². The van der Waals surface area contributed by atoms with Crippen molar-refractivity contribution in [2.24, 2.45) is 0 Å². The molecule has 2 N–H and O–H groups in total. The summed E-state index contributed by atoms with van der Waals surface area (Å²) in [4.78, 5) is 10.7. The SMILES string of the molecule is O=C(O)c1ccc(CNCC2CSCCS2)cc1. The number of rotatable bonds is 5. The van der Waals surface area contributed by atoms with Gasteiger partial charge in [-0.05, 0) is 17.7 Å². The summed E-state index contributed by atoms with van der Waals surface area (Å²) in [5, 5.41) is 12.9. The number of hydrogen-bond acceptors (Lipinski definition) is 4. The molecule has 0 aliphatic carbocycles. The predicted octanol–water partition coefficient (Wildman–Crippen LogP) is 2.32. The average molecular weight is 283 g/mol. The van der Waals surface area contributed by atoms with Crippen molar-refractivity contribution in [1.82, 2.24) is 5.32 Å². The third kappa shape index (κ3) is 4.23. The highest BCUT2D eigenvalue weighted by molar-refractivity contribution is 8.06. The van der Waals surface area contributed by atoms with Gasteiger partial charge in [0.2, 0.25) is 0 Å². The molecule has 3 nitrogen and oxygen atoms in total. The quantitative estimate of drug-likeness (QED) is 0.868. The zero-order chi connectivity index (χ0) is 12.8. The van der Waals surface area contributed by atoms with Crippen molar-refractivity contribution in [2.45, 2.75) is 11.8 Å². The van der Waals surface area contributed by atoms with Crippen molar-refractivity contribution in [2.75, 3.05) is 23.8 Å². The number of hydrogen-bond donors (Lipinski definition) is 2. The van der Waals surface area contributed by atoms with E-state index in [1.165, 1.54) is 17.3 Å². The standard InChI is InChI=1S/C13H17NO2S2/c15-13(16)11-3-1-10(2-4-11)7-14-8-12-9-17-5-6-18-12/h1-4,12,14H,5-9H2,(H,15,16). The molecule has 1 aromatic carbocycles. The zero-order valence-electron chi connectivity index (χ0n) is 10.1. The summed E-state index contributed by atoms with van der Waals surface area (Å²) in [6, 6.07) is 7.06. The Labute approximate surface area is 116 Å². The largest absolute Gasteiger partial charge is 0.478 e. The first-order valence-electron chi connectivity index (χ1n) is 5.98. The van der Waals surface area contributed by atoms with Gasteiger partial charge in [0.15, 0.2) is 0 Å². The zero-order valence-corrected chi connectivity index (χ0v) is 11.7. The third-order valence-electron chi connectivity index (χ3n) is 2.79. The van der Waals surface area contributed by atoms with Crippen molar-refractivity contribution in [3.8, 4) is 0 Å². The highest BCUT2D eigenvalue weighted by Crippen LogP contribution is 2.23. The van der Waals surface area contributed by atoms with Crippen molar-refractivity contribution < 1.29 is 9.90 Å². The van der Waals surface area contributed by atoms with Gasteiger partial charge in [-0.25, -0.2) is 4.79 Å². The molecule has 1 atom stereocenters. The molecule has 1 fully saturated rings. The van der Waals surface area contributed by atoms with E-state index in [4.69, 9.17) is 5.11 Å². The summed E-state index contributed by atoms with van der Waals surface area (Å²) in [5.74, 6) is 2.89. The van der Waals surface area contributed by atoms with Crippen LogP contribution in [0.1, 0.15) is 15.9 Å². The van der Waals surface area contributed by atoms with Crippen LogP contribution < -0.4 is 5.32 Å². The molecule has 0 spiro atoms. The Morgan fingerprint density at radius 2 is 2.11 bits per heavy atom. The molecule has 1 aliphatic heterocycles. The number of carboxylic acids is 1. The molecule has 5 heteroatoms. The minimum Gasteiger partial charge on any atom is -0.478 e. The maximum Gasteiger partial charge on any atom is 0.335 e. The maximum atomic E-state index is 10.7. The summed E-state index contributed by atoms with van der Waals surface area (Å²) < 4.78 is 0. The molecule has 1 heterocycles. The molecule has 2 rings (SSSR count). The van der Waals surface area contributed by atoms with E-state index < -0.39 is 5.97 Å². The fraction of sp³-hybridized carbons (Fsp3) is 0.462. The van der Waals surface area contributed by atoms with Gasteiger partial charge < -0.3 is 10.4 Å². The molecule has 98 valence electrons. The monoisotopic (exact) mass is 283 g/mol. The van der Waals surface area contributed by atoms with Crippen LogP contribution in [0.5, 0.6) is 0 Å². The van der Waals surface area contributed by atoms with Crippen LogP contribution in [-0.4, -0.2) is 40.1 Å². The number of carboxylic acid groups (broad SMARTS) is 1. The van der Waals surface area contributed by atoms with Crippen LogP contribution in [0.3, 0.4) is 0 Å². The fourth-order valence-electron chi connectivity index (χ4n) is 1.80. The Morgan fingerprint density at radius 1 is 1.33 bits per heavy atom. The van der Waals surface area contributed by atoms with Gasteiger partial charge in [-0.3, -0.25) is 0 Å². The van der Waals surface area contributed by atoms with E-state index in [0.29, 0.717) is 10.8 Å². The minimum atomic E-state index is -0.870. The summed E-state index contributed by atoms with van der Waals surface area (Å²) in [7, 11) is 0. The summed E-state index contributed by atoms with van der Waals surface area (Å²) in [6.07, 6.45) is 0. The Balaban J connectivity index is 1.74. The lowest BCUT2D eigenvalue weighted by Gasteiger charge is -2.21. The van der Waals surface area contributed by atoms with E-state index in [2.05, 4.69) is 5.32 Å². The molecule has 18 heavy (non-hydrogen) atoms. The number of aromatic carboxylic acids is 1. The van der Waals surface area contributed by atoms with Gasteiger partial charge in [-0.2, -0.15) is 23.5 Å². The Kier molecular flexibility index (Phi) is 5.41. The van der Waals surface area contributed by atoms with Crippen LogP contribution in [-0.2, 0) is 6.54 Å². The van der Waals surface area contributed by atoms with Gasteiger partial charge in [0.1, 0.15) is 0 Å². The van der Waals surface area contributed by atoms with Gasteiger partial charge in [0.05, 0.1) is 5.56 Å². The van der Waals surface area contributed by atoms with Gasteiger partial charge >= 0.3 is 5.97 Å². The van der Waals surface area contributed by atoms with Crippen LogP contribution in [0.25, 0.3) is 0 Å². The van der Waals surface area contributed by atoms with Crippen molar-refractivity contribution in [3.63, 3.8) is 0 Å². The Bertz CT molecular complexity index is 388. The summed E-state index contributed by atoms with van der Waals surface area (Å²) in [6.45, 7) is 1.83. The van der Waals surface area contributed by atoms with E-state index in [0.717, 1.165) is 18.7 Å². The molecule has 0 amide bonds. The molecule has 0 aromatic heterocycles. The Morgan fingerprint density at radius 3 is 2.72 bits per heavy atom. The van der Waals surface area contributed by atoms with Crippen LogP contribution in [0.4, 0.5) is 0 Å². The second kappa shape index (κ2) is 7.07. The predicted molar refractivity (Wildman–Crippen MR) is 78.7 cm³/mol. The number of benzene rings is 1. The highest BCUT2D eigenvalue weighted by atomic mass is 32.2. The summed E-state index contributed by atoms with van der Waals surface area (Å²) >= 11 is 4.07. The third-order valence-corrected chi connectivity index (χ3v) is 5.63. The molecule has 0 radical (unpaired) electrons. The van der Waals surface area contributed by atoms with Crippen LogP contribution in [0.2, 0.25) is 0 Å². The van der Waals surface area contributed by atoms with Crippen molar-refractivity contribution >= 4 is 29.5 Å². The molecular formula is C13H17NO2S2. The minimum absolute atomic E-state index is 0.345. The molecule has 1 saturated heterocycles. The number of thioether (sulfide) groups is 2. The van der Waals surface area contributed by atoms with Gasteiger partial charge in [-0.1, -0.05) is 12.1 Å². The second-order valence-electron chi connectivity index (χ2n) is 4.20. The van der Waals surface area contributed by atoms with Gasteiger partial charge in [-0.15, -0.1) is 0 Å². The first-order valence-corrected chi connectivity index (χ1v) is 8.18. The van der Waals surface area contributed by atoms with Crippen LogP contribution >= 0.6 is 23.5 Å². The van der Waals surface area contributed by atoms with Crippen molar-refractivity contribution in [1.29, 1.82) is 0 Å². The normalized spacial score (nSPS) is 19.7. The van der Waals surface area contributed by atoms with E-state index in [1.807, 2.05) is 35.7 Å². The van der Waals surface area contributed by atoms with Gasteiger partial charge in [0.25, 0.3) is 0 Å². The lowest BCUT2D eigenvalue weighted by atomic mass is 10.1. The average Bonchev–Trinajstić information content (AvgIpc) is 2.40. The molecule has 0 bridgehead atoms. The topological polar surface area (TPSA) is 49.3 Å². The fourth-order valence-corrected chi connectivity index (χ4v) is 4.44. The molecule has 1 aliphatic rings. The van der Waals surface area contributed by atoms with Crippen LogP contribution in [0, 0.1) is 0 Å². The molecule has 0 saturated carbocycles. The molecule has 1 aromatic rings. The molecule has 1 unspecified atom stereocenters. The van der Waals surface area contributed by atoms with Crippen molar-refractivity contribution in [3.05, 3.63) is 35.4 Å². The molecular weight excluding hydrogens is 266 g/mol. The number of carbonyl (C=O) groups is 1. The van der Waals surface area contributed by atoms with E-state index in [-0.39, 0.29) is 0 Å². The lowest BCUT2D eigenvalue weighted by molar-refractivity contribution is 0.0697. The van der Waals surface area contributed by atoms with E-state index in [1.54, 1.807) is 12.1 Å².